The van der Waals surface area contributed by atoms with E-state index in [4.69, 9.17) is 4.74 Å². The number of aliphatic hydroxyl groups is 1. The van der Waals surface area contributed by atoms with Gasteiger partial charge < -0.3 is 19.9 Å². The number of rotatable bonds is 7. The van der Waals surface area contributed by atoms with Crippen LogP contribution in [0.15, 0.2) is 0 Å². The molecule has 14 heavy (non-hydrogen) atoms. The second-order valence-electron chi connectivity index (χ2n) is 2.76. The minimum Gasteiger partial charge on any atom is -0.468 e. The number of esters is 1. The largest absolute Gasteiger partial charge is 0.468 e. The van der Waals surface area contributed by atoms with Crippen molar-refractivity contribution in [3.05, 3.63) is 0 Å². The number of aliphatic hydroxyl groups excluding tert-OH is 1. The van der Waals surface area contributed by atoms with Crippen LogP contribution in [0.2, 0.25) is 0 Å². The van der Waals surface area contributed by atoms with Gasteiger partial charge in [-0.25, -0.2) is 0 Å². The summed E-state index contributed by atoms with van der Waals surface area (Å²) in [6, 6.07) is 0. The van der Waals surface area contributed by atoms with Crippen LogP contribution in [0.5, 0.6) is 0 Å². The van der Waals surface area contributed by atoms with Gasteiger partial charge in [0.15, 0.2) is 0 Å². The summed E-state index contributed by atoms with van der Waals surface area (Å²) < 4.78 is 9.24. The molecule has 5 nitrogen and oxygen atoms in total. The van der Waals surface area contributed by atoms with E-state index in [-0.39, 0.29) is 17.4 Å². The van der Waals surface area contributed by atoms with Gasteiger partial charge in [0.2, 0.25) is 0 Å². The van der Waals surface area contributed by atoms with E-state index < -0.39 is 6.10 Å². The maximum atomic E-state index is 10.9. The van der Waals surface area contributed by atoms with Crippen molar-refractivity contribution in [1.82, 2.24) is 5.32 Å². The molecular formula is C8H16BrNO4. The Balaban J connectivity index is 3.48. The SMILES string of the molecule is COCC(O)CNCC(Br)C(=O)OC. The molecular weight excluding hydrogens is 254 g/mol. The molecule has 0 aromatic carbocycles. The lowest BCUT2D eigenvalue weighted by atomic mass is 10.3. The van der Waals surface area contributed by atoms with Crippen LogP contribution in [-0.2, 0) is 14.3 Å². The molecule has 0 heterocycles. The predicted octanol–water partition coefficient (Wildman–Crippen LogP) is -0.480. The Hall–Kier alpha value is -0.170. The highest BCUT2D eigenvalue weighted by Gasteiger charge is 2.14. The molecule has 0 aliphatic heterocycles. The smallest absolute Gasteiger partial charge is 0.320 e. The fourth-order valence-electron chi connectivity index (χ4n) is 0.839. The molecule has 0 aliphatic rings. The maximum Gasteiger partial charge on any atom is 0.320 e. The van der Waals surface area contributed by atoms with Crippen LogP contribution >= 0.6 is 15.9 Å². The molecule has 0 amide bonds. The van der Waals surface area contributed by atoms with Crippen LogP contribution in [-0.4, -0.2) is 55.9 Å². The average Bonchev–Trinajstić information content (AvgIpc) is 2.16. The number of nitrogens with one attached hydrogen (secondary N) is 1. The van der Waals surface area contributed by atoms with Gasteiger partial charge in [0.05, 0.1) is 19.8 Å². The van der Waals surface area contributed by atoms with Gasteiger partial charge in [0.1, 0.15) is 4.83 Å². The summed E-state index contributed by atoms with van der Waals surface area (Å²) in [5.74, 6) is -0.335. The first kappa shape index (κ1) is 13.8. The number of carbonyl (C=O) groups is 1. The second kappa shape index (κ2) is 8.16. The second-order valence-corrected chi connectivity index (χ2v) is 3.86. The Labute approximate surface area is 91.9 Å². The van der Waals surface area contributed by atoms with E-state index in [1.807, 2.05) is 0 Å². The van der Waals surface area contributed by atoms with E-state index in [1.54, 1.807) is 0 Å². The fourth-order valence-corrected chi connectivity index (χ4v) is 1.26. The molecule has 0 aromatic rings. The van der Waals surface area contributed by atoms with Gasteiger partial charge >= 0.3 is 5.97 Å². The fraction of sp³-hybridized carbons (Fsp3) is 0.875. The standard InChI is InChI=1S/C8H16BrNO4/c1-13-5-6(11)3-10-4-7(9)8(12)14-2/h6-7,10-11H,3-5H2,1-2H3. The zero-order chi connectivity index (χ0) is 11.0. The Morgan fingerprint density at radius 1 is 1.50 bits per heavy atom. The van der Waals surface area contributed by atoms with Crippen molar-refractivity contribution in [3.8, 4) is 0 Å². The van der Waals surface area contributed by atoms with Gasteiger partial charge in [-0.15, -0.1) is 0 Å². The van der Waals surface area contributed by atoms with Crippen LogP contribution in [0.4, 0.5) is 0 Å². The van der Waals surface area contributed by atoms with E-state index in [0.717, 1.165) is 0 Å². The van der Waals surface area contributed by atoms with Crippen LogP contribution < -0.4 is 5.32 Å². The van der Waals surface area contributed by atoms with E-state index in [0.29, 0.717) is 13.1 Å². The summed E-state index contributed by atoms with van der Waals surface area (Å²) in [5, 5.41) is 12.1. The van der Waals surface area contributed by atoms with Crippen LogP contribution in [0.1, 0.15) is 0 Å². The minimum atomic E-state index is -0.558. The molecule has 2 atom stereocenters. The molecule has 0 saturated heterocycles. The zero-order valence-electron chi connectivity index (χ0n) is 8.33. The molecule has 0 saturated carbocycles. The van der Waals surface area contributed by atoms with Crippen molar-refractivity contribution in [2.45, 2.75) is 10.9 Å². The first-order valence-corrected chi connectivity index (χ1v) is 5.13. The van der Waals surface area contributed by atoms with E-state index in [9.17, 15) is 9.90 Å². The summed E-state index contributed by atoms with van der Waals surface area (Å²) in [6.45, 7) is 1.07. The number of hydrogen-bond donors (Lipinski definition) is 2. The summed E-state index contributed by atoms with van der Waals surface area (Å²) in [4.78, 5) is 10.5. The molecule has 0 aliphatic carbocycles. The van der Waals surface area contributed by atoms with Crippen molar-refractivity contribution < 1.29 is 19.4 Å². The first-order chi connectivity index (χ1) is 6.61. The highest BCUT2D eigenvalue weighted by atomic mass is 79.9. The lowest BCUT2D eigenvalue weighted by Gasteiger charge is -2.12. The van der Waals surface area contributed by atoms with E-state index in [1.165, 1.54) is 14.2 Å². The molecule has 6 heteroatoms. The van der Waals surface area contributed by atoms with Crippen LogP contribution in [0.3, 0.4) is 0 Å². The summed E-state index contributed by atoms with van der Waals surface area (Å²) in [6.07, 6.45) is -0.558. The Kier molecular flexibility index (Phi) is 8.07. The number of hydrogen-bond acceptors (Lipinski definition) is 5. The summed E-state index contributed by atoms with van der Waals surface area (Å²) >= 11 is 3.14. The normalized spacial score (nSPS) is 14.9. The lowest BCUT2D eigenvalue weighted by Crippen LogP contribution is -2.36. The molecule has 2 unspecified atom stereocenters. The van der Waals surface area contributed by atoms with Crippen molar-refractivity contribution >= 4 is 21.9 Å². The topological polar surface area (TPSA) is 67.8 Å². The van der Waals surface area contributed by atoms with Gasteiger partial charge in [-0.05, 0) is 0 Å². The van der Waals surface area contributed by atoms with E-state index in [2.05, 4.69) is 26.0 Å². The van der Waals surface area contributed by atoms with Gasteiger partial charge in [-0.3, -0.25) is 4.79 Å². The van der Waals surface area contributed by atoms with Gasteiger partial charge in [-0.1, -0.05) is 15.9 Å². The number of ether oxygens (including phenoxy) is 2. The highest BCUT2D eigenvalue weighted by Crippen LogP contribution is 1.99. The number of carbonyl (C=O) groups excluding carboxylic acids is 1. The number of halogens is 1. The molecule has 0 fully saturated rings. The highest BCUT2D eigenvalue weighted by molar-refractivity contribution is 9.10. The van der Waals surface area contributed by atoms with Gasteiger partial charge in [-0.2, -0.15) is 0 Å². The average molecular weight is 270 g/mol. The molecule has 84 valence electrons. The third-order valence-corrected chi connectivity index (χ3v) is 2.22. The Morgan fingerprint density at radius 2 is 2.14 bits per heavy atom. The van der Waals surface area contributed by atoms with Crippen molar-refractivity contribution in [1.29, 1.82) is 0 Å². The third-order valence-electron chi connectivity index (χ3n) is 1.52. The quantitative estimate of drug-likeness (QED) is 0.483. The van der Waals surface area contributed by atoms with Crippen LogP contribution in [0.25, 0.3) is 0 Å². The van der Waals surface area contributed by atoms with Crippen molar-refractivity contribution in [2.75, 3.05) is 33.9 Å². The minimum absolute atomic E-state index is 0.276. The van der Waals surface area contributed by atoms with E-state index >= 15 is 0 Å². The molecule has 0 spiro atoms. The molecule has 0 rings (SSSR count). The Morgan fingerprint density at radius 3 is 2.64 bits per heavy atom. The third kappa shape index (κ3) is 6.31. The van der Waals surface area contributed by atoms with Gasteiger partial charge in [0.25, 0.3) is 0 Å². The van der Waals surface area contributed by atoms with Crippen molar-refractivity contribution in [2.24, 2.45) is 0 Å². The van der Waals surface area contributed by atoms with Gasteiger partial charge in [0, 0.05) is 20.2 Å². The number of methoxy groups -OCH3 is 2. The first-order valence-electron chi connectivity index (χ1n) is 4.21. The molecule has 0 aromatic heterocycles. The molecule has 0 radical (unpaired) electrons. The lowest BCUT2D eigenvalue weighted by molar-refractivity contribution is -0.139. The molecule has 0 bridgehead atoms. The summed E-state index contributed by atoms with van der Waals surface area (Å²) in [7, 11) is 2.85. The summed E-state index contributed by atoms with van der Waals surface area (Å²) in [5.41, 5.74) is 0. The number of alkyl halides is 1. The Bertz CT molecular complexity index is 167. The van der Waals surface area contributed by atoms with Crippen LogP contribution in [0, 0.1) is 0 Å². The molecule has 2 N–H and O–H groups in total. The van der Waals surface area contributed by atoms with Crippen molar-refractivity contribution in [3.63, 3.8) is 0 Å². The maximum absolute atomic E-state index is 10.9. The monoisotopic (exact) mass is 269 g/mol. The predicted molar refractivity (Wildman–Crippen MR) is 55.5 cm³/mol. The zero-order valence-corrected chi connectivity index (χ0v) is 9.91.